The summed E-state index contributed by atoms with van der Waals surface area (Å²) in [6, 6.07) is 11.3. The number of nitrogens with zero attached hydrogens (tertiary/aromatic N) is 1. The second-order valence-electron chi connectivity index (χ2n) is 9.70. The van der Waals surface area contributed by atoms with Crippen LogP contribution >= 0.6 is 0 Å². The molecule has 0 spiro atoms. The van der Waals surface area contributed by atoms with Crippen LogP contribution in [0.1, 0.15) is 56.0 Å². The highest BCUT2D eigenvalue weighted by Gasteiger charge is 2.34. The number of nitrogens with one attached hydrogen (secondary N) is 2. The standard InChI is InChI=1S/C28H37N3O4/c1-9-16-31(26(33)21(5)29-27(34)35-28(6,7)8)24(22-15-14-18(2)20(4)17-22)25(32)30-23-13-11-10-12-19(23)3/h9-15,17,21,24H,1,16H2,2-8H3,(H,29,34)(H,30,32). The Morgan fingerprint density at radius 3 is 2.26 bits per heavy atom. The van der Waals surface area contributed by atoms with E-state index in [1.165, 1.54) is 4.90 Å². The molecule has 0 aliphatic rings. The Balaban J connectivity index is 2.44. The summed E-state index contributed by atoms with van der Waals surface area (Å²) in [5.74, 6) is -0.791. The van der Waals surface area contributed by atoms with Crippen molar-refractivity contribution in [3.05, 3.63) is 77.4 Å². The molecule has 2 N–H and O–H groups in total. The van der Waals surface area contributed by atoms with Gasteiger partial charge >= 0.3 is 6.09 Å². The Kier molecular flexibility index (Phi) is 9.23. The van der Waals surface area contributed by atoms with Gasteiger partial charge in [-0.15, -0.1) is 6.58 Å². The molecular formula is C28H37N3O4. The first-order valence-electron chi connectivity index (χ1n) is 11.7. The smallest absolute Gasteiger partial charge is 0.408 e. The van der Waals surface area contributed by atoms with Gasteiger partial charge < -0.3 is 20.3 Å². The van der Waals surface area contributed by atoms with Gasteiger partial charge in [0.25, 0.3) is 5.91 Å². The Bertz CT molecular complexity index is 1090. The molecule has 2 atom stereocenters. The zero-order valence-electron chi connectivity index (χ0n) is 21.8. The topological polar surface area (TPSA) is 87.7 Å². The third-order valence-corrected chi connectivity index (χ3v) is 5.52. The van der Waals surface area contributed by atoms with Crippen molar-refractivity contribution in [1.29, 1.82) is 0 Å². The van der Waals surface area contributed by atoms with Crippen LogP contribution in [0.3, 0.4) is 0 Å². The number of hydrogen-bond acceptors (Lipinski definition) is 4. The molecule has 7 heteroatoms. The normalized spacial score (nSPS) is 12.8. The van der Waals surface area contributed by atoms with Gasteiger partial charge in [-0.25, -0.2) is 4.79 Å². The minimum atomic E-state index is -0.942. The summed E-state index contributed by atoms with van der Waals surface area (Å²) in [6.45, 7) is 16.5. The van der Waals surface area contributed by atoms with Crippen LogP contribution in [0.5, 0.6) is 0 Å². The lowest BCUT2D eigenvalue weighted by Gasteiger charge is -2.33. The van der Waals surface area contributed by atoms with Crippen LogP contribution in [0.2, 0.25) is 0 Å². The molecule has 0 radical (unpaired) electrons. The number of aryl methyl sites for hydroxylation is 3. The third kappa shape index (κ3) is 7.70. The highest BCUT2D eigenvalue weighted by atomic mass is 16.6. The van der Waals surface area contributed by atoms with Gasteiger partial charge in [0.2, 0.25) is 5.91 Å². The first-order valence-corrected chi connectivity index (χ1v) is 11.7. The van der Waals surface area contributed by atoms with Gasteiger partial charge in [0, 0.05) is 12.2 Å². The lowest BCUT2D eigenvalue weighted by atomic mass is 9.98. The Labute approximate surface area is 208 Å². The zero-order chi connectivity index (χ0) is 26.3. The maximum Gasteiger partial charge on any atom is 0.408 e. The summed E-state index contributed by atoms with van der Waals surface area (Å²) in [5, 5.41) is 5.55. The maximum absolute atomic E-state index is 13.7. The molecule has 0 aliphatic heterocycles. The Morgan fingerprint density at radius 2 is 1.69 bits per heavy atom. The van der Waals surface area contributed by atoms with E-state index in [1.54, 1.807) is 33.8 Å². The van der Waals surface area contributed by atoms with Crippen LogP contribution < -0.4 is 10.6 Å². The Hall–Kier alpha value is -3.61. The SMILES string of the molecule is C=CCN(C(=O)C(C)NC(=O)OC(C)(C)C)C(C(=O)Nc1ccccc1C)c1ccc(C)c(C)c1. The van der Waals surface area contributed by atoms with Crippen LogP contribution in [0.15, 0.2) is 55.1 Å². The number of para-hydroxylation sites is 1. The minimum absolute atomic E-state index is 0.109. The van der Waals surface area contributed by atoms with Crippen molar-refractivity contribution in [2.75, 3.05) is 11.9 Å². The van der Waals surface area contributed by atoms with Gasteiger partial charge in [0.15, 0.2) is 0 Å². The van der Waals surface area contributed by atoms with Crippen LogP contribution in [0.25, 0.3) is 0 Å². The van der Waals surface area contributed by atoms with Gasteiger partial charge in [0.1, 0.15) is 17.7 Å². The van der Waals surface area contributed by atoms with Crippen LogP contribution in [-0.2, 0) is 14.3 Å². The van der Waals surface area contributed by atoms with E-state index in [2.05, 4.69) is 17.2 Å². The lowest BCUT2D eigenvalue weighted by molar-refractivity contribution is -0.139. The molecule has 3 amide bonds. The molecular weight excluding hydrogens is 442 g/mol. The molecule has 188 valence electrons. The number of ether oxygens (including phenoxy) is 1. The van der Waals surface area contributed by atoms with Crippen molar-refractivity contribution in [2.45, 2.75) is 66.2 Å². The highest BCUT2D eigenvalue weighted by Crippen LogP contribution is 2.27. The van der Waals surface area contributed by atoms with Gasteiger partial charge in [-0.3, -0.25) is 9.59 Å². The van der Waals surface area contributed by atoms with Gasteiger partial charge in [-0.05, 0) is 76.8 Å². The molecule has 0 aromatic heterocycles. The monoisotopic (exact) mass is 479 g/mol. The fourth-order valence-electron chi connectivity index (χ4n) is 3.58. The molecule has 35 heavy (non-hydrogen) atoms. The molecule has 7 nitrogen and oxygen atoms in total. The molecule has 0 fully saturated rings. The van der Waals surface area contributed by atoms with Gasteiger partial charge in [0.05, 0.1) is 0 Å². The molecule has 2 rings (SSSR count). The average molecular weight is 480 g/mol. The molecule has 2 aromatic carbocycles. The molecule has 0 bridgehead atoms. The summed E-state index contributed by atoms with van der Waals surface area (Å²) in [6.07, 6.45) is 0.858. The highest BCUT2D eigenvalue weighted by molar-refractivity contribution is 5.99. The summed E-state index contributed by atoms with van der Waals surface area (Å²) in [5.41, 5.74) is 3.61. The molecule has 0 saturated carbocycles. The van der Waals surface area contributed by atoms with E-state index in [-0.39, 0.29) is 12.5 Å². The van der Waals surface area contributed by atoms with Crippen LogP contribution in [0.4, 0.5) is 10.5 Å². The molecule has 2 unspecified atom stereocenters. The summed E-state index contributed by atoms with van der Waals surface area (Å²) < 4.78 is 5.29. The number of rotatable bonds is 8. The van der Waals surface area contributed by atoms with Crippen LogP contribution in [0, 0.1) is 20.8 Å². The molecule has 0 aliphatic carbocycles. The number of carbonyl (C=O) groups is 3. The van der Waals surface area contributed by atoms with Crippen molar-refractivity contribution in [1.82, 2.24) is 10.2 Å². The number of alkyl carbamates (subject to hydrolysis) is 1. The van der Waals surface area contributed by atoms with E-state index >= 15 is 0 Å². The molecule has 0 heterocycles. The fraction of sp³-hybridized carbons (Fsp3) is 0.393. The average Bonchev–Trinajstić information content (AvgIpc) is 2.75. The largest absolute Gasteiger partial charge is 0.444 e. The van der Waals surface area contributed by atoms with E-state index in [4.69, 9.17) is 4.74 Å². The van der Waals surface area contributed by atoms with Gasteiger partial charge in [-0.2, -0.15) is 0 Å². The summed E-state index contributed by atoms with van der Waals surface area (Å²) >= 11 is 0. The van der Waals surface area contributed by atoms with E-state index in [1.807, 2.05) is 63.2 Å². The second kappa shape index (κ2) is 11.7. The van der Waals surface area contributed by atoms with Crippen molar-refractivity contribution >= 4 is 23.6 Å². The number of benzene rings is 2. The third-order valence-electron chi connectivity index (χ3n) is 5.52. The van der Waals surface area contributed by atoms with E-state index < -0.39 is 29.7 Å². The van der Waals surface area contributed by atoms with Crippen molar-refractivity contribution in [3.63, 3.8) is 0 Å². The Morgan fingerprint density at radius 1 is 1.03 bits per heavy atom. The first-order chi connectivity index (χ1) is 16.3. The van der Waals surface area contributed by atoms with E-state index in [9.17, 15) is 14.4 Å². The summed E-state index contributed by atoms with van der Waals surface area (Å²) in [7, 11) is 0. The number of amides is 3. The fourth-order valence-corrected chi connectivity index (χ4v) is 3.58. The van der Waals surface area contributed by atoms with E-state index in [0.717, 1.165) is 16.7 Å². The van der Waals surface area contributed by atoms with E-state index in [0.29, 0.717) is 11.3 Å². The predicted octanol–water partition coefficient (Wildman–Crippen LogP) is 5.22. The first kappa shape index (κ1) is 27.6. The maximum atomic E-state index is 13.7. The molecule has 0 saturated heterocycles. The second-order valence-corrected chi connectivity index (χ2v) is 9.70. The van der Waals surface area contributed by atoms with Crippen LogP contribution in [-0.4, -0.2) is 41.0 Å². The number of hydrogen-bond donors (Lipinski definition) is 2. The lowest BCUT2D eigenvalue weighted by Crippen LogP contribution is -2.51. The minimum Gasteiger partial charge on any atom is -0.444 e. The predicted molar refractivity (Wildman–Crippen MR) is 139 cm³/mol. The van der Waals surface area contributed by atoms with Crippen molar-refractivity contribution < 1.29 is 19.1 Å². The van der Waals surface area contributed by atoms with Crippen molar-refractivity contribution in [3.8, 4) is 0 Å². The van der Waals surface area contributed by atoms with Gasteiger partial charge in [-0.1, -0.05) is 42.5 Å². The zero-order valence-corrected chi connectivity index (χ0v) is 21.8. The quantitative estimate of drug-likeness (QED) is 0.508. The number of carbonyl (C=O) groups excluding carboxylic acids is 3. The summed E-state index contributed by atoms with van der Waals surface area (Å²) in [4.78, 5) is 40.9. The number of anilines is 1. The molecule has 2 aromatic rings. The van der Waals surface area contributed by atoms with Crippen molar-refractivity contribution in [2.24, 2.45) is 0 Å².